The van der Waals surface area contributed by atoms with Gasteiger partial charge in [-0.15, -0.1) is 0 Å². The highest BCUT2D eigenvalue weighted by Gasteiger charge is 2.72. The zero-order valence-corrected chi connectivity index (χ0v) is 54.1. The smallest absolute Gasteiger partial charge is 0.309 e. The number of aliphatic hydroxyl groups excluding tert-OH is 2. The molecule has 0 spiro atoms. The lowest BCUT2D eigenvalue weighted by molar-refractivity contribution is -0.250. The number of ether oxygens (including phenoxy) is 1. The average Bonchev–Trinajstić information content (AvgIpc) is 1.54. The number of allylic oxidation sites excluding steroid dienone is 1. The summed E-state index contributed by atoms with van der Waals surface area (Å²) in [7, 11) is 0. The van der Waals surface area contributed by atoms with E-state index in [1.54, 1.807) is 20.0 Å². The molecule has 10 rings (SSSR count). The Labute approximate surface area is 518 Å². The van der Waals surface area contributed by atoms with Crippen molar-refractivity contribution in [2.45, 2.75) is 209 Å². The van der Waals surface area contributed by atoms with Crippen LogP contribution in [-0.2, 0) is 48.1 Å². The van der Waals surface area contributed by atoms with Gasteiger partial charge in [0.05, 0.1) is 35.5 Å². The first-order chi connectivity index (χ1) is 40.8. The summed E-state index contributed by atoms with van der Waals surface area (Å²) < 4.78 is 6.10. The van der Waals surface area contributed by atoms with Gasteiger partial charge in [-0.3, -0.25) is 38.8 Å². The van der Waals surface area contributed by atoms with Gasteiger partial charge in [0.25, 0.3) is 0 Å². The van der Waals surface area contributed by atoms with E-state index in [-0.39, 0.29) is 64.9 Å². The second-order valence-corrected chi connectivity index (χ2v) is 30.9. The number of pyridine rings is 1. The zero-order chi connectivity index (χ0) is 63.2. The molecule has 3 aromatic rings. The van der Waals surface area contributed by atoms with Crippen LogP contribution in [0.3, 0.4) is 0 Å². The fourth-order valence-electron chi connectivity index (χ4n) is 18.9. The Kier molecular flexibility index (Phi) is 19.3. The number of aliphatic hydroxyl groups is 2. The third-order valence-corrected chi connectivity index (χ3v) is 23.6. The van der Waals surface area contributed by atoms with Crippen LogP contribution in [0.15, 0.2) is 91.3 Å². The predicted molar refractivity (Wildman–Crippen MR) is 337 cm³/mol. The molecule has 1 aromatic heterocycles. The van der Waals surface area contributed by atoms with Crippen LogP contribution in [0.25, 0.3) is 0 Å². The number of carbonyl (C=O) groups excluding carboxylic acids is 3. The lowest BCUT2D eigenvalue weighted by Crippen LogP contribution is -2.67. The van der Waals surface area contributed by atoms with Crippen molar-refractivity contribution in [2.75, 3.05) is 26.2 Å². The monoisotopic (exact) mass is 1200 g/mol. The number of hydrogen-bond donors (Lipinski definition) is 6. The summed E-state index contributed by atoms with van der Waals surface area (Å²) in [6.07, 6.45) is 12.6. The zero-order valence-electron chi connectivity index (χ0n) is 54.1. The first kappa shape index (κ1) is 66.0. The summed E-state index contributed by atoms with van der Waals surface area (Å²) in [5.41, 5.74) is 3.20. The molecule has 87 heavy (non-hydrogen) atoms. The summed E-state index contributed by atoms with van der Waals surface area (Å²) >= 11 is 0. The first-order valence-electron chi connectivity index (χ1n) is 32.6. The SMILES string of the molecule is C=C(C)[C@@H]1CC[C@]2(C(=O)O)CC[C@]3(C)[C@H](CC[C@@H]4[C@@]5(C)CC[C@H](OC(=O)CC(C)(C)C(=O)O)C(C)(C)[C@@H]5CC[C@]43C)[C@@H]12.CC(C)(C)NC(=O)[C@@H]1CN(Cc2cccnc2)CCN1C[C@@H](O)C[C@H](Cc1ccccc1)C(=O)N[C@H]1c2ccccc2C[C@H]1O. The number of nitrogens with one attached hydrogen (secondary N) is 2. The Bertz CT molecular complexity index is 2980. The van der Waals surface area contributed by atoms with Gasteiger partial charge in [0.15, 0.2) is 0 Å². The summed E-state index contributed by atoms with van der Waals surface area (Å²) in [6.45, 7) is 30.5. The van der Waals surface area contributed by atoms with Gasteiger partial charge in [-0.2, -0.15) is 0 Å². The number of β-amino-alcohol motifs (C(OH)–C–C–N with tert-alkyl or cyclic N) is 1. The number of aromatic nitrogens is 1. The van der Waals surface area contributed by atoms with Crippen LogP contribution in [-0.4, -0.2) is 121 Å². The maximum atomic E-state index is 13.8. The highest BCUT2D eigenvalue weighted by atomic mass is 16.5. The van der Waals surface area contributed by atoms with E-state index in [1.807, 2.05) is 93.7 Å². The number of hydrogen-bond acceptors (Lipinski definition) is 11. The van der Waals surface area contributed by atoms with Crippen molar-refractivity contribution in [3.05, 3.63) is 114 Å². The van der Waals surface area contributed by atoms with Crippen molar-refractivity contribution in [1.82, 2.24) is 25.4 Å². The molecule has 2 heterocycles. The molecule has 5 saturated carbocycles. The number of amides is 2. The van der Waals surface area contributed by atoms with Gasteiger partial charge in [0.2, 0.25) is 11.8 Å². The highest BCUT2D eigenvalue weighted by Crippen LogP contribution is 2.77. The molecule has 6 aliphatic carbocycles. The molecule has 476 valence electrons. The molecule has 2 aromatic carbocycles. The summed E-state index contributed by atoms with van der Waals surface area (Å²) in [4.78, 5) is 73.3. The number of nitrogens with zero attached hydrogens (tertiary/aromatic N) is 3. The number of benzene rings is 2. The van der Waals surface area contributed by atoms with E-state index in [4.69, 9.17) is 4.74 Å². The largest absolute Gasteiger partial charge is 0.481 e. The van der Waals surface area contributed by atoms with E-state index < -0.39 is 64.5 Å². The molecule has 2 amide bonds. The molecule has 1 saturated heterocycles. The Hall–Kier alpha value is -5.48. The Morgan fingerprint density at radius 2 is 1.51 bits per heavy atom. The Morgan fingerprint density at radius 3 is 2.17 bits per heavy atom. The average molecular weight is 1200 g/mol. The number of piperazine rings is 1. The number of carboxylic acids is 2. The van der Waals surface area contributed by atoms with Crippen molar-refractivity contribution < 1.29 is 49.1 Å². The summed E-state index contributed by atoms with van der Waals surface area (Å²) in [5.74, 6) is -0.947. The third kappa shape index (κ3) is 13.3. The van der Waals surface area contributed by atoms with Crippen LogP contribution in [0, 0.1) is 68.0 Å². The van der Waals surface area contributed by atoms with E-state index in [1.165, 1.54) is 0 Å². The molecule has 15 nitrogen and oxygen atoms in total. The van der Waals surface area contributed by atoms with Crippen molar-refractivity contribution in [1.29, 1.82) is 0 Å². The number of rotatable bonds is 17. The topological polar surface area (TPSA) is 219 Å². The van der Waals surface area contributed by atoms with Crippen LogP contribution in [0.2, 0.25) is 0 Å². The normalized spacial score (nSPS) is 33.5. The van der Waals surface area contributed by atoms with Crippen LogP contribution in [0.5, 0.6) is 0 Å². The molecule has 1 aliphatic heterocycles. The Balaban J connectivity index is 0.000000208. The predicted octanol–water partition coefficient (Wildman–Crippen LogP) is 11.0. The first-order valence-corrected chi connectivity index (χ1v) is 32.6. The standard InChI is InChI=1S/C36H47N5O4.C36H56O6/c1-36(2,3)39-35(45)31-24-40(22-26-12-9-15-37-21-26)16-17-41(31)23-29(42)19-28(18-25-10-5-4-6-11-25)34(44)38-33-30-14-8-7-13-27(30)20-32(33)43;1-21(2)22-12-17-36(30(40)41)19-18-34(8)23(28(22)36)10-11-25-33(7)15-14-26(42-27(37)20-31(3,4)29(38)39)32(5,6)24(33)13-16-35(25,34)9/h4-15,21,28-29,31-33,42-43H,16-20,22-24H2,1-3H3,(H,38,44)(H,39,45);22-26,28H,1,10-20H2,2-9H3,(H,38,39)(H,40,41)/t28-,29-,31-,32+,33-;22-,23+,24-,25+,26-,28+,33-,34+,35+,36-/m00/s1. The van der Waals surface area contributed by atoms with Crippen LogP contribution in [0.4, 0.5) is 0 Å². The highest BCUT2D eigenvalue weighted by molar-refractivity contribution is 5.83. The molecule has 0 bridgehead atoms. The van der Waals surface area contributed by atoms with Gasteiger partial charge in [0, 0.05) is 68.4 Å². The molecule has 7 aliphatic rings. The van der Waals surface area contributed by atoms with E-state index >= 15 is 0 Å². The maximum absolute atomic E-state index is 13.8. The number of carboxylic acid groups (broad SMARTS) is 2. The molecule has 6 N–H and O–H groups in total. The molecule has 15 atom stereocenters. The van der Waals surface area contributed by atoms with E-state index in [9.17, 15) is 44.4 Å². The number of fused-ring (bicyclic) bond motifs is 8. The van der Waals surface area contributed by atoms with Crippen molar-refractivity contribution in [2.24, 2.45) is 68.0 Å². The number of aliphatic carboxylic acids is 2. The molecular weight excluding hydrogens is 1090 g/mol. The lowest BCUT2D eigenvalue weighted by Gasteiger charge is -2.72. The number of carbonyl (C=O) groups is 5. The van der Waals surface area contributed by atoms with Gasteiger partial charge >= 0.3 is 17.9 Å². The van der Waals surface area contributed by atoms with Crippen molar-refractivity contribution >= 4 is 29.7 Å². The van der Waals surface area contributed by atoms with Crippen molar-refractivity contribution in [3.8, 4) is 0 Å². The van der Waals surface area contributed by atoms with Gasteiger partial charge in [-0.1, -0.05) is 107 Å². The van der Waals surface area contributed by atoms with Crippen LogP contribution >= 0.6 is 0 Å². The van der Waals surface area contributed by atoms with Crippen LogP contribution in [0.1, 0.15) is 182 Å². The van der Waals surface area contributed by atoms with Gasteiger partial charge in [0.1, 0.15) is 12.1 Å². The van der Waals surface area contributed by atoms with Crippen molar-refractivity contribution in [3.63, 3.8) is 0 Å². The van der Waals surface area contributed by atoms with E-state index in [0.717, 1.165) is 98.6 Å². The molecule has 0 radical (unpaired) electrons. The second kappa shape index (κ2) is 25.4. The van der Waals surface area contributed by atoms with Gasteiger partial charge in [-0.05, 0) is 193 Å². The molecule has 0 unspecified atom stereocenters. The third-order valence-electron chi connectivity index (χ3n) is 23.6. The minimum absolute atomic E-state index is 0.0712. The van der Waals surface area contributed by atoms with E-state index in [0.29, 0.717) is 56.1 Å². The fourth-order valence-corrected chi connectivity index (χ4v) is 18.9. The summed E-state index contributed by atoms with van der Waals surface area (Å²) in [6, 6.07) is 20.6. The Morgan fingerprint density at radius 1 is 0.805 bits per heavy atom. The quantitative estimate of drug-likeness (QED) is 0.0548. The number of esters is 1. The van der Waals surface area contributed by atoms with Gasteiger partial charge in [-0.25, -0.2) is 0 Å². The minimum atomic E-state index is -1.15. The van der Waals surface area contributed by atoms with Crippen LogP contribution < -0.4 is 10.6 Å². The van der Waals surface area contributed by atoms with Gasteiger partial charge < -0.3 is 35.8 Å². The molecule has 15 heteroatoms. The molecule has 6 fully saturated rings. The second-order valence-electron chi connectivity index (χ2n) is 30.9. The fraction of sp³-hybridized carbons (Fsp3) is 0.667. The summed E-state index contributed by atoms with van der Waals surface area (Å²) in [5, 5.41) is 48.6. The lowest BCUT2D eigenvalue weighted by atomic mass is 9.32. The molecular formula is C72H103N5O10. The van der Waals surface area contributed by atoms with E-state index in [2.05, 4.69) is 73.5 Å². The minimum Gasteiger partial charge on any atom is -0.481 e. The maximum Gasteiger partial charge on any atom is 0.309 e.